The lowest BCUT2D eigenvalue weighted by Crippen LogP contribution is -2.33. The number of carboxylic acids is 2. The van der Waals surface area contributed by atoms with Crippen LogP contribution in [0.1, 0.15) is 18.2 Å². The summed E-state index contributed by atoms with van der Waals surface area (Å²) in [6.07, 6.45) is 6.08. The van der Waals surface area contributed by atoms with Crippen molar-refractivity contribution in [1.29, 1.82) is 5.26 Å². The second kappa shape index (κ2) is 16.0. The summed E-state index contributed by atoms with van der Waals surface area (Å²) in [5, 5.41) is 33.3. The van der Waals surface area contributed by atoms with Gasteiger partial charge in [-0.3, -0.25) is 19.7 Å². The first-order valence-electron chi connectivity index (χ1n) is 14.4. The lowest BCUT2D eigenvalue weighted by Gasteiger charge is -2.25. The molecule has 2 aromatic heterocycles. The van der Waals surface area contributed by atoms with Gasteiger partial charge in [-0.05, 0) is 57.4 Å². The smallest absolute Gasteiger partial charge is 0.353 e. The number of amides is 1. The highest BCUT2D eigenvalue weighted by atomic mass is 35.5. The Labute approximate surface area is 280 Å². The van der Waals surface area contributed by atoms with Gasteiger partial charge >= 0.3 is 11.9 Å². The predicted molar refractivity (Wildman–Crippen MR) is 179 cm³/mol. The van der Waals surface area contributed by atoms with Gasteiger partial charge in [0, 0.05) is 42.2 Å². The van der Waals surface area contributed by atoms with Gasteiger partial charge in [-0.25, -0.2) is 9.59 Å². The number of halogens is 1. The van der Waals surface area contributed by atoms with Crippen molar-refractivity contribution in [2.24, 2.45) is 0 Å². The number of likely N-dealkylation sites (N-methyl/N-ethyl adjacent to an activating group) is 1. The van der Waals surface area contributed by atoms with Crippen molar-refractivity contribution in [2.45, 2.75) is 13.5 Å². The van der Waals surface area contributed by atoms with E-state index in [4.69, 9.17) is 21.1 Å². The van der Waals surface area contributed by atoms with Gasteiger partial charge in [0.05, 0.1) is 45.9 Å². The van der Waals surface area contributed by atoms with Gasteiger partial charge in [0.2, 0.25) is 0 Å². The minimum atomic E-state index is -1.67. The zero-order valence-corrected chi connectivity index (χ0v) is 26.9. The summed E-state index contributed by atoms with van der Waals surface area (Å²) in [5.74, 6) is -3.64. The van der Waals surface area contributed by atoms with E-state index in [1.807, 2.05) is 12.1 Å². The molecule has 48 heavy (non-hydrogen) atoms. The highest BCUT2D eigenvalue weighted by Crippen LogP contribution is 2.40. The fourth-order valence-corrected chi connectivity index (χ4v) is 4.73. The maximum atomic E-state index is 13.6. The van der Waals surface area contributed by atoms with Crippen LogP contribution >= 0.6 is 11.6 Å². The minimum Gasteiger partial charge on any atom is -0.492 e. The van der Waals surface area contributed by atoms with Crippen molar-refractivity contribution < 1.29 is 34.1 Å². The molecular formula is C34H31ClN6O7. The Morgan fingerprint density at radius 1 is 1.06 bits per heavy atom. The number of benzene rings is 2. The number of pyridine rings is 2. The molecule has 4 aromatic rings. The number of carbonyl (C=O) groups excluding carboxylic acids is 1. The average molecular weight is 671 g/mol. The Bertz CT molecular complexity index is 1940. The number of carboxylic acid groups (broad SMARTS) is 2. The Balaban J connectivity index is 1.85. The van der Waals surface area contributed by atoms with Crippen molar-refractivity contribution in [3.63, 3.8) is 0 Å². The topological polar surface area (TPSA) is 178 Å². The number of aromatic nitrogens is 2. The first-order chi connectivity index (χ1) is 23.0. The highest BCUT2D eigenvalue weighted by Gasteiger charge is 2.29. The summed E-state index contributed by atoms with van der Waals surface area (Å²) in [6.45, 7) is 2.35. The van der Waals surface area contributed by atoms with Gasteiger partial charge in [-0.15, -0.1) is 0 Å². The number of anilines is 3. The van der Waals surface area contributed by atoms with E-state index in [1.165, 1.54) is 24.4 Å². The SMILES string of the molecule is CCOc1cc2ncc(C#N)c(Nc3ccc(OCc4ccccn4)c(Cl)c3)c2cc1N(C(=O)C=CCN(C)C)/C(=C/C(=O)O)C(=O)O. The van der Waals surface area contributed by atoms with E-state index in [0.29, 0.717) is 40.7 Å². The maximum Gasteiger partial charge on any atom is 0.353 e. The summed E-state index contributed by atoms with van der Waals surface area (Å²) < 4.78 is 11.6. The highest BCUT2D eigenvalue weighted by molar-refractivity contribution is 6.32. The molecule has 0 radical (unpaired) electrons. The summed E-state index contributed by atoms with van der Waals surface area (Å²) in [6, 6.07) is 15.4. The average Bonchev–Trinajstić information content (AvgIpc) is 3.04. The molecule has 0 aliphatic heterocycles. The molecule has 2 heterocycles. The second-order valence-corrected chi connectivity index (χ2v) is 10.7. The molecule has 3 N–H and O–H groups in total. The molecule has 1 amide bonds. The molecule has 0 fully saturated rings. The third-order valence-corrected chi connectivity index (χ3v) is 6.88. The molecule has 246 valence electrons. The van der Waals surface area contributed by atoms with E-state index < -0.39 is 23.5 Å². The van der Waals surface area contributed by atoms with E-state index >= 15 is 0 Å². The lowest BCUT2D eigenvalue weighted by atomic mass is 10.1. The van der Waals surface area contributed by atoms with Gasteiger partial charge in [-0.2, -0.15) is 5.26 Å². The normalized spacial score (nSPS) is 11.4. The number of nitrogens with zero attached hydrogens (tertiary/aromatic N) is 5. The molecule has 0 saturated carbocycles. The van der Waals surface area contributed by atoms with Crippen LogP contribution in [0.4, 0.5) is 17.1 Å². The summed E-state index contributed by atoms with van der Waals surface area (Å²) >= 11 is 6.54. The van der Waals surface area contributed by atoms with Gasteiger partial charge in [0.25, 0.3) is 5.91 Å². The fourth-order valence-electron chi connectivity index (χ4n) is 4.49. The fraction of sp³-hybridized carbons (Fsp3) is 0.176. The van der Waals surface area contributed by atoms with E-state index in [2.05, 4.69) is 21.4 Å². The Morgan fingerprint density at radius 3 is 2.48 bits per heavy atom. The van der Waals surface area contributed by atoms with Crippen LogP contribution in [0.25, 0.3) is 10.9 Å². The zero-order valence-electron chi connectivity index (χ0n) is 26.2. The van der Waals surface area contributed by atoms with Crippen LogP contribution in [-0.2, 0) is 21.0 Å². The molecule has 0 bridgehead atoms. The van der Waals surface area contributed by atoms with Crippen LogP contribution in [-0.4, -0.2) is 70.2 Å². The molecule has 14 heteroatoms. The number of hydrogen-bond acceptors (Lipinski definition) is 10. The van der Waals surface area contributed by atoms with Crippen molar-refractivity contribution in [3.05, 3.63) is 101 Å². The first-order valence-corrected chi connectivity index (χ1v) is 14.8. The monoisotopic (exact) mass is 670 g/mol. The second-order valence-electron chi connectivity index (χ2n) is 10.3. The Hall–Kier alpha value is -5.97. The molecule has 13 nitrogen and oxygen atoms in total. The summed E-state index contributed by atoms with van der Waals surface area (Å²) in [4.78, 5) is 48.8. The molecule has 0 aliphatic rings. The van der Waals surface area contributed by atoms with Crippen molar-refractivity contribution in [3.8, 4) is 17.6 Å². The lowest BCUT2D eigenvalue weighted by molar-refractivity contribution is -0.135. The number of aliphatic carboxylic acids is 2. The third-order valence-electron chi connectivity index (χ3n) is 6.58. The third kappa shape index (κ3) is 8.64. The van der Waals surface area contributed by atoms with E-state index in [9.17, 15) is 29.9 Å². The van der Waals surface area contributed by atoms with Crippen molar-refractivity contribution in [2.75, 3.05) is 37.5 Å². The minimum absolute atomic E-state index is 0.0532. The largest absolute Gasteiger partial charge is 0.492 e. The molecule has 0 atom stereocenters. The van der Waals surface area contributed by atoms with Crippen LogP contribution in [0.3, 0.4) is 0 Å². The van der Waals surface area contributed by atoms with Gasteiger partial charge in [0.1, 0.15) is 29.9 Å². The molecule has 0 spiro atoms. The first kappa shape index (κ1) is 34.9. The molecular weight excluding hydrogens is 640 g/mol. The van der Waals surface area contributed by atoms with Crippen LogP contribution < -0.4 is 19.7 Å². The van der Waals surface area contributed by atoms with E-state index in [1.54, 1.807) is 56.4 Å². The predicted octanol–water partition coefficient (Wildman–Crippen LogP) is 5.38. The number of fused-ring (bicyclic) bond motifs is 1. The number of carbonyl (C=O) groups is 3. The number of hydrogen-bond donors (Lipinski definition) is 3. The van der Waals surface area contributed by atoms with E-state index in [0.717, 1.165) is 11.0 Å². The molecule has 0 unspecified atom stereocenters. The van der Waals surface area contributed by atoms with Gasteiger partial charge < -0.3 is 29.9 Å². The molecule has 0 saturated heterocycles. The van der Waals surface area contributed by atoms with Crippen LogP contribution in [0.15, 0.2) is 84.8 Å². The number of ether oxygens (including phenoxy) is 2. The molecule has 4 rings (SSSR count). The summed E-state index contributed by atoms with van der Waals surface area (Å²) in [5.41, 5.74) is 0.974. The number of rotatable bonds is 14. The van der Waals surface area contributed by atoms with Crippen molar-refractivity contribution in [1.82, 2.24) is 14.9 Å². The quantitative estimate of drug-likeness (QED) is 0.146. The number of nitrogens with one attached hydrogen (secondary N) is 1. The summed E-state index contributed by atoms with van der Waals surface area (Å²) in [7, 11) is 3.56. The standard InChI is InChI=1S/C34H31ClN6O7/c1-4-47-30-16-26-24(15-27(30)41(28(34(45)46)17-32(43)44)31(42)9-7-13-40(2)3)33(21(18-36)19-38-26)39-22-10-11-29(25(35)14-22)48-20-23-8-5-6-12-37-23/h5-12,14-17,19H,4,13,20H2,1-3H3,(H,38,39)(H,43,44)(H,45,46)/b9-7?,28-17+. The maximum absolute atomic E-state index is 13.6. The van der Waals surface area contributed by atoms with Gasteiger partial charge in [-0.1, -0.05) is 23.7 Å². The van der Waals surface area contributed by atoms with Crippen LogP contribution in [0.5, 0.6) is 11.5 Å². The molecule has 0 aliphatic carbocycles. The number of nitriles is 1. The van der Waals surface area contributed by atoms with Crippen LogP contribution in [0, 0.1) is 11.3 Å². The Morgan fingerprint density at radius 2 is 1.85 bits per heavy atom. The van der Waals surface area contributed by atoms with Gasteiger partial charge in [0.15, 0.2) is 0 Å². The van der Waals surface area contributed by atoms with E-state index in [-0.39, 0.29) is 40.9 Å². The molecule has 2 aromatic carbocycles. The Kier molecular flexibility index (Phi) is 11.7. The van der Waals surface area contributed by atoms with Crippen LogP contribution in [0.2, 0.25) is 5.02 Å². The van der Waals surface area contributed by atoms with Crippen molar-refractivity contribution >= 4 is 57.4 Å². The zero-order chi connectivity index (χ0) is 34.8.